The molecule has 1 aliphatic rings. The molecule has 1 fully saturated rings. The van der Waals surface area contributed by atoms with Gasteiger partial charge in [0, 0.05) is 43.5 Å². The number of pyridine rings is 1. The van der Waals surface area contributed by atoms with Crippen LogP contribution in [-0.2, 0) is 4.79 Å². The number of amides is 1. The van der Waals surface area contributed by atoms with Crippen LogP contribution in [0.15, 0.2) is 53.7 Å². The van der Waals surface area contributed by atoms with Gasteiger partial charge in [-0.25, -0.2) is 0 Å². The lowest BCUT2D eigenvalue weighted by molar-refractivity contribution is -0.128. The molecule has 1 saturated heterocycles. The van der Waals surface area contributed by atoms with Crippen molar-refractivity contribution in [1.82, 2.24) is 9.88 Å². The van der Waals surface area contributed by atoms with E-state index in [-0.39, 0.29) is 5.91 Å². The third-order valence-corrected chi connectivity index (χ3v) is 5.07. The molecule has 1 amide bonds. The Balaban J connectivity index is 1.52. The maximum Gasteiger partial charge on any atom is 0.233 e. The molecular formula is C18H21N3O2S. The fourth-order valence-electron chi connectivity index (χ4n) is 2.76. The van der Waals surface area contributed by atoms with Crippen LogP contribution < -0.4 is 9.64 Å². The first kappa shape index (κ1) is 16.6. The number of ether oxygens (including phenoxy) is 1. The highest BCUT2D eigenvalue weighted by atomic mass is 32.2. The van der Waals surface area contributed by atoms with Crippen LogP contribution in [0.1, 0.15) is 0 Å². The van der Waals surface area contributed by atoms with Gasteiger partial charge in [-0.05, 0) is 24.3 Å². The Bertz CT molecular complexity index is 673. The van der Waals surface area contributed by atoms with Crippen molar-refractivity contribution in [2.24, 2.45) is 0 Å². The molecule has 0 unspecified atom stereocenters. The number of thioether (sulfide) groups is 1. The monoisotopic (exact) mass is 343 g/mol. The molecule has 2 heterocycles. The molecule has 6 heteroatoms. The van der Waals surface area contributed by atoms with Gasteiger partial charge in [0.15, 0.2) is 0 Å². The molecule has 0 bridgehead atoms. The van der Waals surface area contributed by atoms with E-state index in [1.807, 2.05) is 35.2 Å². The van der Waals surface area contributed by atoms with Gasteiger partial charge in [-0.1, -0.05) is 12.1 Å². The third-order valence-electron chi connectivity index (χ3n) is 4.07. The summed E-state index contributed by atoms with van der Waals surface area (Å²) in [5.41, 5.74) is 1.10. The van der Waals surface area contributed by atoms with E-state index >= 15 is 0 Å². The van der Waals surface area contributed by atoms with Gasteiger partial charge in [-0.2, -0.15) is 0 Å². The summed E-state index contributed by atoms with van der Waals surface area (Å²) in [5.74, 6) is 1.54. The fraction of sp³-hybridized carbons (Fsp3) is 0.333. The zero-order chi connectivity index (χ0) is 16.8. The smallest absolute Gasteiger partial charge is 0.233 e. The van der Waals surface area contributed by atoms with E-state index in [0.717, 1.165) is 42.5 Å². The number of aromatic nitrogens is 1. The van der Waals surface area contributed by atoms with E-state index in [1.165, 1.54) is 0 Å². The van der Waals surface area contributed by atoms with Crippen molar-refractivity contribution in [3.8, 4) is 5.75 Å². The van der Waals surface area contributed by atoms with Gasteiger partial charge in [0.25, 0.3) is 0 Å². The molecule has 2 aromatic rings. The number of anilines is 1. The lowest BCUT2D eigenvalue weighted by atomic mass is 10.2. The quantitative estimate of drug-likeness (QED) is 0.781. The minimum absolute atomic E-state index is 0.191. The standard InChI is InChI=1S/C18H21N3O2S/c1-23-17-5-3-2-4-16(17)20-10-12-21(13-11-20)18(22)14-24-15-6-8-19-9-7-15/h2-9H,10-14H2,1H3. The second kappa shape index (κ2) is 8.06. The van der Waals surface area contributed by atoms with Crippen molar-refractivity contribution in [2.45, 2.75) is 4.90 Å². The number of carbonyl (C=O) groups excluding carboxylic acids is 1. The summed E-state index contributed by atoms with van der Waals surface area (Å²) in [5, 5.41) is 0. The third kappa shape index (κ3) is 4.00. The minimum atomic E-state index is 0.191. The van der Waals surface area contributed by atoms with Gasteiger partial charge < -0.3 is 14.5 Å². The largest absolute Gasteiger partial charge is 0.495 e. The summed E-state index contributed by atoms with van der Waals surface area (Å²) in [6.07, 6.45) is 3.50. The summed E-state index contributed by atoms with van der Waals surface area (Å²) in [6, 6.07) is 11.9. The second-order valence-corrected chi connectivity index (χ2v) is 6.56. The molecule has 0 saturated carbocycles. The molecule has 24 heavy (non-hydrogen) atoms. The predicted octanol–water partition coefficient (Wildman–Crippen LogP) is 2.53. The van der Waals surface area contributed by atoms with Gasteiger partial charge >= 0.3 is 0 Å². The van der Waals surface area contributed by atoms with Crippen molar-refractivity contribution in [1.29, 1.82) is 0 Å². The van der Waals surface area contributed by atoms with E-state index in [4.69, 9.17) is 4.74 Å². The normalized spacial score (nSPS) is 14.5. The molecule has 0 atom stereocenters. The molecule has 1 aromatic heterocycles. The van der Waals surface area contributed by atoms with Crippen molar-refractivity contribution in [2.75, 3.05) is 43.9 Å². The number of hydrogen-bond donors (Lipinski definition) is 0. The van der Waals surface area contributed by atoms with Gasteiger partial charge in [-0.3, -0.25) is 9.78 Å². The Hall–Kier alpha value is -2.21. The summed E-state index contributed by atoms with van der Waals surface area (Å²) in [4.78, 5) is 21.7. The number of methoxy groups -OCH3 is 1. The second-order valence-electron chi connectivity index (χ2n) is 5.51. The first-order chi connectivity index (χ1) is 11.8. The number of carbonyl (C=O) groups is 1. The molecule has 0 aliphatic carbocycles. The molecule has 126 valence electrons. The average Bonchev–Trinajstić information content (AvgIpc) is 2.67. The number of piperazine rings is 1. The topological polar surface area (TPSA) is 45.7 Å². The van der Waals surface area contributed by atoms with Crippen molar-refractivity contribution < 1.29 is 9.53 Å². The van der Waals surface area contributed by atoms with E-state index < -0.39 is 0 Å². The zero-order valence-electron chi connectivity index (χ0n) is 13.7. The van der Waals surface area contributed by atoms with Crippen molar-refractivity contribution >= 4 is 23.4 Å². The number of rotatable bonds is 5. The molecule has 5 nitrogen and oxygen atoms in total. The Morgan fingerprint density at radius 1 is 1.12 bits per heavy atom. The lowest BCUT2D eigenvalue weighted by Crippen LogP contribution is -2.49. The molecule has 0 spiro atoms. The zero-order valence-corrected chi connectivity index (χ0v) is 14.5. The van der Waals surface area contributed by atoms with Crippen LogP contribution in [0.2, 0.25) is 0 Å². The highest BCUT2D eigenvalue weighted by molar-refractivity contribution is 8.00. The number of nitrogens with zero attached hydrogens (tertiary/aromatic N) is 3. The summed E-state index contributed by atoms with van der Waals surface area (Å²) < 4.78 is 5.43. The molecular weight excluding hydrogens is 322 g/mol. The Kier molecular flexibility index (Phi) is 5.59. The molecule has 1 aliphatic heterocycles. The summed E-state index contributed by atoms with van der Waals surface area (Å²) in [7, 11) is 1.69. The summed E-state index contributed by atoms with van der Waals surface area (Å²) >= 11 is 1.56. The van der Waals surface area contributed by atoms with Crippen LogP contribution in [0, 0.1) is 0 Å². The molecule has 1 aromatic carbocycles. The van der Waals surface area contributed by atoms with Crippen molar-refractivity contribution in [3.05, 3.63) is 48.8 Å². The Morgan fingerprint density at radius 3 is 2.54 bits per heavy atom. The average molecular weight is 343 g/mol. The van der Waals surface area contributed by atoms with Crippen molar-refractivity contribution in [3.63, 3.8) is 0 Å². The minimum Gasteiger partial charge on any atom is -0.495 e. The highest BCUT2D eigenvalue weighted by Gasteiger charge is 2.22. The van der Waals surface area contributed by atoms with Gasteiger partial charge in [0.1, 0.15) is 5.75 Å². The highest BCUT2D eigenvalue weighted by Crippen LogP contribution is 2.28. The van der Waals surface area contributed by atoms with Crippen LogP contribution in [-0.4, -0.2) is 54.8 Å². The maximum absolute atomic E-state index is 12.4. The Morgan fingerprint density at radius 2 is 1.83 bits per heavy atom. The Labute approximate surface area is 146 Å². The van der Waals surface area contributed by atoms with E-state index in [2.05, 4.69) is 16.0 Å². The first-order valence-corrected chi connectivity index (χ1v) is 8.95. The molecule has 0 N–H and O–H groups in total. The van der Waals surface area contributed by atoms with Crippen LogP contribution in [0.3, 0.4) is 0 Å². The van der Waals surface area contributed by atoms with Crippen LogP contribution in [0.5, 0.6) is 5.75 Å². The number of benzene rings is 1. The maximum atomic E-state index is 12.4. The van der Waals surface area contributed by atoms with E-state index in [1.54, 1.807) is 31.3 Å². The fourth-order valence-corrected chi connectivity index (χ4v) is 3.55. The lowest BCUT2D eigenvalue weighted by Gasteiger charge is -2.36. The van der Waals surface area contributed by atoms with Crippen LogP contribution in [0.25, 0.3) is 0 Å². The number of para-hydroxylation sites is 2. The van der Waals surface area contributed by atoms with Gasteiger partial charge in [-0.15, -0.1) is 11.8 Å². The van der Waals surface area contributed by atoms with Gasteiger partial charge in [0.2, 0.25) is 5.91 Å². The number of hydrogen-bond acceptors (Lipinski definition) is 5. The first-order valence-electron chi connectivity index (χ1n) is 7.96. The predicted molar refractivity (Wildman–Crippen MR) is 96.7 cm³/mol. The van der Waals surface area contributed by atoms with E-state index in [0.29, 0.717) is 5.75 Å². The molecule has 3 rings (SSSR count). The van der Waals surface area contributed by atoms with E-state index in [9.17, 15) is 4.79 Å². The SMILES string of the molecule is COc1ccccc1N1CCN(C(=O)CSc2ccncc2)CC1. The summed E-state index contributed by atoms with van der Waals surface area (Å²) in [6.45, 7) is 3.14. The molecule has 0 radical (unpaired) electrons. The van der Waals surface area contributed by atoms with Crippen LogP contribution >= 0.6 is 11.8 Å². The van der Waals surface area contributed by atoms with Gasteiger partial charge in [0.05, 0.1) is 18.6 Å². The van der Waals surface area contributed by atoms with Crippen LogP contribution in [0.4, 0.5) is 5.69 Å².